The fourth-order valence-electron chi connectivity index (χ4n) is 3.28. The van der Waals surface area contributed by atoms with E-state index in [0.717, 1.165) is 30.5 Å². The van der Waals surface area contributed by atoms with E-state index in [-0.39, 0.29) is 6.61 Å². The van der Waals surface area contributed by atoms with Crippen LogP contribution in [0.5, 0.6) is 0 Å². The molecule has 0 saturated carbocycles. The van der Waals surface area contributed by atoms with Gasteiger partial charge >= 0.3 is 0 Å². The first-order chi connectivity index (χ1) is 9.61. The number of fused-ring (bicyclic) bond motifs is 3. The number of aliphatic hydroxyl groups is 3. The van der Waals surface area contributed by atoms with Gasteiger partial charge in [-0.1, -0.05) is 11.6 Å². The lowest BCUT2D eigenvalue weighted by Gasteiger charge is -2.22. The number of rotatable bonds is 3. The maximum atomic E-state index is 10.3. The molecule has 1 aliphatic rings. The van der Waals surface area contributed by atoms with Crippen molar-refractivity contribution in [3.05, 3.63) is 35.0 Å². The highest BCUT2D eigenvalue weighted by molar-refractivity contribution is 5.86. The molecular formula is C16H21NO3. The van der Waals surface area contributed by atoms with Gasteiger partial charge in [0.2, 0.25) is 0 Å². The zero-order valence-electron chi connectivity index (χ0n) is 11.7. The van der Waals surface area contributed by atoms with Crippen LogP contribution >= 0.6 is 0 Å². The van der Waals surface area contributed by atoms with Gasteiger partial charge in [0, 0.05) is 10.9 Å². The lowest BCUT2D eigenvalue weighted by atomic mass is 9.93. The van der Waals surface area contributed by atoms with E-state index >= 15 is 0 Å². The number of benzene rings is 1. The van der Waals surface area contributed by atoms with Crippen LogP contribution in [-0.4, -0.2) is 32.6 Å². The highest BCUT2D eigenvalue weighted by Crippen LogP contribution is 2.37. The summed E-state index contributed by atoms with van der Waals surface area (Å²) in [5.41, 5.74) is 4.35. The zero-order chi connectivity index (χ0) is 14.3. The Bertz CT molecular complexity index is 632. The van der Waals surface area contributed by atoms with E-state index in [4.69, 9.17) is 5.11 Å². The maximum absolute atomic E-state index is 10.3. The number of aromatic nitrogens is 1. The van der Waals surface area contributed by atoms with Gasteiger partial charge in [-0.05, 0) is 43.9 Å². The minimum atomic E-state index is -0.801. The number of nitrogens with zero attached hydrogens (tertiary/aromatic N) is 1. The molecule has 0 radical (unpaired) electrons. The Labute approximate surface area is 118 Å². The molecule has 1 aliphatic carbocycles. The lowest BCUT2D eigenvalue weighted by molar-refractivity contribution is 0.0773. The van der Waals surface area contributed by atoms with Gasteiger partial charge < -0.3 is 19.9 Å². The highest BCUT2D eigenvalue weighted by atomic mass is 16.3. The Morgan fingerprint density at radius 3 is 2.95 bits per heavy atom. The van der Waals surface area contributed by atoms with Crippen LogP contribution in [0.25, 0.3) is 10.9 Å². The summed E-state index contributed by atoms with van der Waals surface area (Å²) in [6.07, 6.45) is 1.44. The van der Waals surface area contributed by atoms with Gasteiger partial charge in [-0.15, -0.1) is 0 Å². The number of aryl methyl sites for hydroxylation is 2. The van der Waals surface area contributed by atoms with E-state index in [2.05, 4.69) is 13.0 Å². The highest BCUT2D eigenvalue weighted by Gasteiger charge is 2.26. The Balaban J connectivity index is 2.23. The average Bonchev–Trinajstić information content (AvgIpc) is 2.74. The second-order valence-electron chi connectivity index (χ2n) is 5.74. The van der Waals surface area contributed by atoms with Gasteiger partial charge in [-0.3, -0.25) is 0 Å². The van der Waals surface area contributed by atoms with Crippen molar-refractivity contribution in [2.45, 2.75) is 44.9 Å². The van der Waals surface area contributed by atoms with Crippen molar-refractivity contribution in [1.82, 2.24) is 4.57 Å². The molecule has 0 amide bonds. The first kappa shape index (κ1) is 13.6. The lowest BCUT2D eigenvalue weighted by Crippen LogP contribution is -2.23. The van der Waals surface area contributed by atoms with E-state index < -0.39 is 12.2 Å². The van der Waals surface area contributed by atoms with Gasteiger partial charge in [0.15, 0.2) is 0 Å². The number of hydrogen-bond acceptors (Lipinski definition) is 3. The molecular weight excluding hydrogens is 254 g/mol. The molecule has 4 heteroatoms. The van der Waals surface area contributed by atoms with Crippen LogP contribution in [0.1, 0.15) is 35.8 Å². The summed E-state index contributed by atoms with van der Waals surface area (Å²) < 4.78 is 1.98. The van der Waals surface area contributed by atoms with E-state index in [9.17, 15) is 10.2 Å². The minimum Gasteiger partial charge on any atom is -0.394 e. The number of aliphatic hydroxyl groups excluding tert-OH is 3. The van der Waals surface area contributed by atoms with Gasteiger partial charge in [0.05, 0.1) is 31.1 Å². The van der Waals surface area contributed by atoms with Gasteiger partial charge in [0.25, 0.3) is 0 Å². The first-order valence-electron chi connectivity index (χ1n) is 7.20. The van der Waals surface area contributed by atoms with Gasteiger partial charge in [-0.2, -0.15) is 0 Å². The predicted molar refractivity (Wildman–Crippen MR) is 77.7 cm³/mol. The summed E-state index contributed by atoms with van der Waals surface area (Å²) in [6, 6.07) is 6.23. The standard InChI is InChI=1S/C16H21NO3/c1-10-5-6-14-13(7-10)12-3-2-4-15(20)16(12)17(14)8-11(19)9-18/h5-7,11,15,18-20H,2-4,8-9H2,1H3. The quantitative estimate of drug-likeness (QED) is 0.798. The molecule has 1 aromatic heterocycles. The maximum Gasteiger partial charge on any atom is 0.0949 e. The monoisotopic (exact) mass is 275 g/mol. The van der Waals surface area contributed by atoms with Gasteiger partial charge in [0.1, 0.15) is 0 Å². The molecule has 0 spiro atoms. The van der Waals surface area contributed by atoms with E-state index in [1.165, 1.54) is 16.5 Å². The predicted octanol–water partition coefficient (Wildman–Crippen LogP) is 1.67. The molecule has 2 aromatic rings. The van der Waals surface area contributed by atoms with Crippen molar-refractivity contribution < 1.29 is 15.3 Å². The Morgan fingerprint density at radius 2 is 2.20 bits per heavy atom. The van der Waals surface area contributed by atoms with Crippen molar-refractivity contribution in [3.63, 3.8) is 0 Å². The molecule has 1 aromatic carbocycles. The molecule has 0 bridgehead atoms. The van der Waals surface area contributed by atoms with Crippen molar-refractivity contribution in [3.8, 4) is 0 Å². The minimum absolute atomic E-state index is 0.267. The summed E-state index contributed by atoms with van der Waals surface area (Å²) in [5, 5.41) is 30.4. The second-order valence-corrected chi connectivity index (χ2v) is 5.74. The molecule has 1 heterocycles. The molecule has 3 rings (SSSR count). The normalized spacial score (nSPS) is 20.1. The average molecular weight is 275 g/mol. The molecule has 2 atom stereocenters. The van der Waals surface area contributed by atoms with Crippen LogP contribution in [0.3, 0.4) is 0 Å². The fourth-order valence-corrected chi connectivity index (χ4v) is 3.28. The molecule has 108 valence electrons. The SMILES string of the molecule is Cc1ccc2c(c1)c1c(n2CC(O)CO)C(O)CCC1. The van der Waals surface area contributed by atoms with Crippen molar-refractivity contribution in [2.75, 3.05) is 6.61 Å². The summed E-state index contributed by atoms with van der Waals surface area (Å²) in [7, 11) is 0. The molecule has 4 nitrogen and oxygen atoms in total. The van der Waals surface area contributed by atoms with E-state index in [1.807, 2.05) is 16.7 Å². The summed E-state index contributed by atoms with van der Waals surface area (Å²) >= 11 is 0. The third-order valence-electron chi connectivity index (χ3n) is 4.19. The Morgan fingerprint density at radius 1 is 1.40 bits per heavy atom. The van der Waals surface area contributed by atoms with Crippen LogP contribution in [-0.2, 0) is 13.0 Å². The molecule has 0 aliphatic heterocycles. The first-order valence-corrected chi connectivity index (χ1v) is 7.20. The summed E-state index contributed by atoms with van der Waals surface area (Å²) in [4.78, 5) is 0. The Hall–Kier alpha value is -1.36. The third kappa shape index (κ3) is 2.14. The van der Waals surface area contributed by atoms with E-state index in [1.54, 1.807) is 0 Å². The summed E-state index contributed by atoms with van der Waals surface area (Å²) in [5.74, 6) is 0. The van der Waals surface area contributed by atoms with Crippen LogP contribution < -0.4 is 0 Å². The fraction of sp³-hybridized carbons (Fsp3) is 0.500. The third-order valence-corrected chi connectivity index (χ3v) is 4.19. The smallest absolute Gasteiger partial charge is 0.0949 e. The molecule has 20 heavy (non-hydrogen) atoms. The summed E-state index contributed by atoms with van der Waals surface area (Å²) in [6.45, 7) is 2.11. The molecule has 0 saturated heterocycles. The van der Waals surface area contributed by atoms with Crippen molar-refractivity contribution in [2.24, 2.45) is 0 Å². The second kappa shape index (κ2) is 5.20. The van der Waals surface area contributed by atoms with Crippen molar-refractivity contribution >= 4 is 10.9 Å². The zero-order valence-corrected chi connectivity index (χ0v) is 11.7. The topological polar surface area (TPSA) is 65.6 Å². The molecule has 0 fully saturated rings. The van der Waals surface area contributed by atoms with Gasteiger partial charge in [-0.25, -0.2) is 0 Å². The van der Waals surface area contributed by atoms with Crippen molar-refractivity contribution in [1.29, 1.82) is 0 Å². The van der Waals surface area contributed by atoms with Crippen LogP contribution in [0.2, 0.25) is 0 Å². The Kier molecular flexibility index (Phi) is 3.54. The molecule has 3 N–H and O–H groups in total. The number of hydrogen-bond donors (Lipinski definition) is 3. The van der Waals surface area contributed by atoms with Crippen LogP contribution in [0.4, 0.5) is 0 Å². The molecule has 2 unspecified atom stereocenters. The van der Waals surface area contributed by atoms with Crippen LogP contribution in [0.15, 0.2) is 18.2 Å². The van der Waals surface area contributed by atoms with E-state index in [0.29, 0.717) is 6.54 Å². The van der Waals surface area contributed by atoms with Crippen LogP contribution in [0, 0.1) is 6.92 Å². The largest absolute Gasteiger partial charge is 0.394 e.